The average molecular weight is 485 g/mol. The second kappa shape index (κ2) is 26.3. The van der Waals surface area contributed by atoms with Gasteiger partial charge in [-0.3, -0.25) is 0 Å². The number of carbonyl (C=O) groups is 1. The lowest BCUT2D eigenvalue weighted by molar-refractivity contribution is -0.171. The van der Waals surface area contributed by atoms with Gasteiger partial charge in [-0.2, -0.15) is 0 Å². The first-order valence-electron chi connectivity index (χ1n) is 9.74. The second-order valence-corrected chi connectivity index (χ2v) is 5.07. The summed E-state index contributed by atoms with van der Waals surface area (Å²) in [6.45, 7) is 0.178. The van der Waals surface area contributed by atoms with Crippen molar-refractivity contribution in [3.63, 3.8) is 0 Å². The van der Waals surface area contributed by atoms with Crippen LogP contribution in [-0.4, -0.2) is 38.0 Å². The van der Waals surface area contributed by atoms with Crippen molar-refractivity contribution in [2.75, 3.05) is 26.9 Å². The molecule has 172 valence electrons. The van der Waals surface area contributed by atoms with Crippen LogP contribution in [0.3, 0.4) is 0 Å². The molecular weight excluding hydrogens is 474 g/mol. The molecule has 0 bridgehead atoms. The van der Waals surface area contributed by atoms with Gasteiger partial charge in [0.15, 0.2) is 0 Å². The lowest BCUT2D eigenvalue weighted by Crippen LogP contribution is -2.22. The van der Waals surface area contributed by atoms with Gasteiger partial charge in [-0.25, -0.2) is 4.79 Å². The Balaban J connectivity index is 5.29. The molecule has 0 amide bonds. The molecule has 0 aliphatic rings. The molecule has 0 rings (SSSR count). The van der Waals surface area contributed by atoms with Crippen LogP contribution in [0.4, 0.5) is 0 Å². The molecule has 0 N–H and O–H groups in total. The molecule has 0 aromatic heterocycles. The summed E-state index contributed by atoms with van der Waals surface area (Å²) in [5.41, 5.74) is 0. The van der Waals surface area contributed by atoms with E-state index in [0.717, 1.165) is 5.06 Å². The highest BCUT2D eigenvalue weighted by Gasteiger charge is 2.07. The van der Waals surface area contributed by atoms with E-state index in [-0.39, 0.29) is 13.2 Å². The fourth-order valence-electron chi connectivity index (χ4n) is 1.29. The molecule has 0 radical (unpaired) electrons. The smallest absolute Gasteiger partial charge is 0.360 e. The largest absolute Gasteiger partial charge is 0.382 e. The highest BCUT2D eigenvalue weighted by Crippen LogP contribution is 1.89. The molecule has 5 heteroatoms. The molecule has 0 saturated heterocycles. The highest BCUT2D eigenvalue weighted by molar-refractivity contribution is 5.70. The van der Waals surface area contributed by atoms with E-state index in [1.165, 1.54) is 7.11 Å². The summed E-state index contributed by atoms with van der Waals surface area (Å²) < 4.78 is 9.90. The second-order valence-electron chi connectivity index (χ2n) is 5.07. The van der Waals surface area contributed by atoms with E-state index < -0.39 is 5.97 Å². The molecule has 0 atom stereocenters. The Morgan fingerprint density at radius 2 is 0.895 bits per heavy atom. The summed E-state index contributed by atoms with van der Waals surface area (Å²) in [5, 5.41) is 0.728. The Kier molecular flexibility index (Phi) is 21.5. The van der Waals surface area contributed by atoms with E-state index in [9.17, 15) is 4.79 Å². The fraction of sp³-hybridized carbons (Fsp3) is 0.121. The number of nitrogens with zero attached hydrogens (tertiary/aromatic N) is 1. The van der Waals surface area contributed by atoms with Gasteiger partial charge in [0.2, 0.25) is 0 Å². The van der Waals surface area contributed by atoms with E-state index in [1.54, 1.807) is 0 Å². The number of hydroxylamine groups is 2. The number of carbonyl (C=O) groups excluding carboxylic acids is 1. The van der Waals surface area contributed by atoms with Gasteiger partial charge in [0, 0.05) is 78.2 Å². The van der Waals surface area contributed by atoms with E-state index in [0.29, 0.717) is 6.61 Å². The summed E-state index contributed by atoms with van der Waals surface area (Å²) in [6.07, 6.45) is 9.89. The normalized spacial score (nSPS) is 5.66. The van der Waals surface area contributed by atoms with Crippen molar-refractivity contribution in [1.82, 2.24) is 5.06 Å². The number of rotatable bonds is 6. The summed E-state index contributed by atoms with van der Waals surface area (Å²) in [7, 11) is 1.50. The van der Waals surface area contributed by atoms with Crippen LogP contribution < -0.4 is 0 Å². The third-order valence-corrected chi connectivity index (χ3v) is 2.55. The van der Waals surface area contributed by atoms with Gasteiger partial charge in [0.05, 0.1) is 25.3 Å². The van der Waals surface area contributed by atoms with Gasteiger partial charge in [-0.15, -0.1) is 12.8 Å². The first-order valence-corrected chi connectivity index (χ1v) is 9.74. The van der Waals surface area contributed by atoms with Crippen molar-refractivity contribution in [1.29, 1.82) is 0 Å². The number of methoxy groups -OCH3 is 1. The predicted molar refractivity (Wildman–Crippen MR) is 142 cm³/mol. The molecule has 0 unspecified atom stereocenters. The van der Waals surface area contributed by atoms with Gasteiger partial charge in [0.1, 0.15) is 6.61 Å². The van der Waals surface area contributed by atoms with E-state index in [2.05, 4.69) is 154 Å². The van der Waals surface area contributed by atoms with Crippen molar-refractivity contribution in [2.45, 2.75) is 0 Å². The predicted octanol–water partition coefficient (Wildman–Crippen LogP) is -0.368. The Bertz CT molecular complexity index is 1620. The zero-order chi connectivity index (χ0) is 27.8. The lowest BCUT2D eigenvalue weighted by Gasteiger charge is -2.08. The van der Waals surface area contributed by atoms with Crippen molar-refractivity contribution in [2.24, 2.45) is 0 Å². The number of ether oxygens (including phenoxy) is 2. The van der Waals surface area contributed by atoms with Gasteiger partial charge >= 0.3 is 5.97 Å². The third kappa shape index (κ3) is 23.7. The number of terminal acetylenes is 2. The fourth-order valence-corrected chi connectivity index (χ4v) is 1.29. The van der Waals surface area contributed by atoms with Crippen molar-refractivity contribution < 1.29 is 19.1 Å². The van der Waals surface area contributed by atoms with Crippen LogP contribution >= 0.6 is 0 Å². The van der Waals surface area contributed by atoms with Crippen molar-refractivity contribution in [3.8, 4) is 167 Å². The van der Waals surface area contributed by atoms with E-state index in [1.807, 2.05) is 0 Å². The third-order valence-electron chi connectivity index (χ3n) is 2.55. The zero-order valence-electron chi connectivity index (χ0n) is 19.9. The lowest BCUT2D eigenvalue weighted by atomic mass is 10.5. The van der Waals surface area contributed by atoms with Gasteiger partial charge < -0.3 is 14.3 Å². The number of hydrogen-bond donors (Lipinski definition) is 0. The van der Waals surface area contributed by atoms with Crippen LogP contribution in [0, 0.1) is 167 Å². The molecule has 0 aliphatic carbocycles. The van der Waals surface area contributed by atoms with Crippen LogP contribution in [0.5, 0.6) is 0 Å². The molecule has 0 saturated carbocycles. The summed E-state index contributed by atoms with van der Waals surface area (Å²) >= 11 is 0. The molecule has 0 spiro atoms. The Hall–Kier alpha value is -6.97. The van der Waals surface area contributed by atoms with Crippen molar-refractivity contribution in [3.05, 3.63) is 0 Å². The minimum absolute atomic E-state index is 0.205. The van der Waals surface area contributed by atoms with Crippen molar-refractivity contribution >= 4 is 5.97 Å². The SMILES string of the molecule is C#CC#CC#CC#CC#CC#CC#CN(C#CC#CC#CC#CC#CC#CC#C)OC(=O)COCCOC. The minimum atomic E-state index is -0.753. The van der Waals surface area contributed by atoms with Crippen LogP contribution in [0.2, 0.25) is 0 Å². The molecule has 0 aromatic rings. The topological polar surface area (TPSA) is 48.0 Å². The standard InChI is InChI=1S/C33H11NO4/c1-4-6-8-10-12-14-16-18-20-22-24-26-28-34(38-33(35)32-37-31-30-36-3)29-27-25-23-21-19-17-15-13-11-9-7-5-2/h1-2H,30-32H2,3H3. The van der Waals surface area contributed by atoms with Crippen LogP contribution in [0.25, 0.3) is 0 Å². The summed E-state index contributed by atoms with van der Waals surface area (Å²) in [4.78, 5) is 16.9. The maximum absolute atomic E-state index is 11.9. The van der Waals surface area contributed by atoms with Gasteiger partial charge in [-0.05, 0) is 71.0 Å². The highest BCUT2D eigenvalue weighted by atomic mass is 16.7. The van der Waals surface area contributed by atoms with Crippen LogP contribution in [-0.2, 0) is 19.1 Å². The Labute approximate surface area is 224 Å². The quantitative estimate of drug-likeness (QED) is 0.223. The Morgan fingerprint density at radius 1 is 0.553 bits per heavy atom. The first kappa shape index (κ1) is 31.0. The number of hydrogen-bond acceptors (Lipinski definition) is 5. The molecule has 0 heterocycles. The minimum Gasteiger partial charge on any atom is -0.382 e. The van der Waals surface area contributed by atoms with Gasteiger partial charge in [-0.1, -0.05) is 5.06 Å². The monoisotopic (exact) mass is 485 g/mol. The molecule has 0 aliphatic heterocycles. The molecule has 0 fully saturated rings. The van der Waals surface area contributed by atoms with E-state index >= 15 is 0 Å². The molecule has 38 heavy (non-hydrogen) atoms. The first-order chi connectivity index (χ1) is 18.7. The average Bonchev–Trinajstić information content (AvgIpc) is 2.92. The Morgan fingerprint density at radius 3 is 1.24 bits per heavy atom. The summed E-state index contributed by atoms with van der Waals surface area (Å²) in [6, 6.07) is 4.83. The maximum atomic E-state index is 11.9. The maximum Gasteiger partial charge on any atom is 0.360 e. The molecule has 5 nitrogen and oxygen atoms in total. The van der Waals surface area contributed by atoms with E-state index in [4.69, 9.17) is 27.2 Å². The summed E-state index contributed by atoms with van der Waals surface area (Å²) in [5.74, 6) is 56.8. The zero-order valence-corrected chi connectivity index (χ0v) is 19.9. The molecular formula is C33H11NO4. The van der Waals surface area contributed by atoms with Gasteiger partial charge in [0.25, 0.3) is 0 Å². The van der Waals surface area contributed by atoms with Crippen LogP contribution in [0.1, 0.15) is 0 Å². The van der Waals surface area contributed by atoms with Crippen LogP contribution in [0.15, 0.2) is 0 Å². The molecule has 0 aromatic carbocycles.